The maximum Gasteiger partial charge on any atom is 0.260 e. The molecule has 136 valence electrons. The summed E-state index contributed by atoms with van der Waals surface area (Å²) in [6.07, 6.45) is 2.25. The molecule has 1 fully saturated rings. The van der Waals surface area contributed by atoms with Crippen molar-refractivity contribution in [1.29, 1.82) is 0 Å². The Kier molecular flexibility index (Phi) is 5.10. The van der Waals surface area contributed by atoms with E-state index < -0.39 is 0 Å². The van der Waals surface area contributed by atoms with E-state index in [9.17, 15) is 4.79 Å². The molecule has 1 aliphatic rings. The number of piperidine rings is 1. The van der Waals surface area contributed by atoms with Crippen LogP contribution in [0.5, 0.6) is 0 Å². The van der Waals surface area contributed by atoms with Gasteiger partial charge in [-0.2, -0.15) is 0 Å². The molecule has 4 nitrogen and oxygen atoms in total. The number of hydrogen-bond donors (Lipinski definition) is 1. The van der Waals surface area contributed by atoms with Crippen molar-refractivity contribution < 1.29 is 0 Å². The van der Waals surface area contributed by atoms with E-state index in [4.69, 9.17) is 16.6 Å². The van der Waals surface area contributed by atoms with Crippen molar-refractivity contribution >= 4 is 44.9 Å². The first-order valence-electron chi connectivity index (χ1n) is 8.66. The molecule has 3 heterocycles. The van der Waals surface area contributed by atoms with Gasteiger partial charge in [-0.25, -0.2) is 4.98 Å². The fraction of sp³-hybridized carbons (Fsp3) is 0.368. The fourth-order valence-corrected chi connectivity index (χ4v) is 5.67. The van der Waals surface area contributed by atoms with Gasteiger partial charge in [-0.3, -0.25) is 4.79 Å². The number of benzene rings is 1. The molecule has 1 aromatic carbocycles. The number of thioether (sulfide) groups is 1. The number of fused-ring (bicyclic) bond motifs is 1. The van der Waals surface area contributed by atoms with Crippen molar-refractivity contribution in [2.45, 2.75) is 30.2 Å². The zero-order valence-corrected chi connectivity index (χ0v) is 17.1. The fourth-order valence-electron chi connectivity index (χ4n) is 3.38. The topological polar surface area (TPSA) is 49.0 Å². The van der Waals surface area contributed by atoms with Gasteiger partial charge in [-0.05, 0) is 57.6 Å². The third-order valence-electron chi connectivity index (χ3n) is 4.79. The molecule has 0 bridgehead atoms. The average Bonchev–Trinajstić information content (AvgIpc) is 2.94. The molecule has 0 amide bonds. The van der Waals surface area contributed by atoms with Crippen LogP contribution in [0.3, 0.4) is 0 Å². The van der Waals surface area contributed by atoms with E-state index in [2.05, 4.69) is 16.9 Å². The summed E-state index contributed by atoms with van der Waals surface area (Å²) >= 11 is 9.29. The number of halogens is 1. The second-order valence-corrected chi connectivity index (χ2v) is 9.64. The number of rotatable bonds is 3. The summed E-state index contributed by atoms with van der Waals surface area (Å²) in [6, 6.07) is 7.62. The molecule has 4 rings (SSSR count). The van der Waals surface area contributed by atoms with Crippen LogP contribution in [0, 0.1) is 6.92 Å². The summed E-state index contributed by atoms with van der Waals surface area (Å²) in [7, 11) is 2.15. The SMILES string of the molecule is Cc1sc2nc(SC3CCN(C)CC3)[nH]c(=O)c2c1-c1ccc(Cl)cc1. The molecule has 7 heteroatoms. The Labute approximate surface area is 165 Å². The van der Waals surface area contributed by atoms with E-state index in [1.807, 2.05) is 31.2 Å². The normalized spacial score (nSPS) is 16.4. The van der Waals surface area contributed by atoms with E-state index in [-0.39, 0.29) is 5.56 Å². The van der Waals surface area contributed by atoms with Gasteiger partial charge in [0.1, 0.15) is 4.83 Å². The molecule has 1 aliphatic heterocycles. The number of hydrogen-bond acceptors (Lipinski definition) is 5. The summed E-state index contributed by atoms with van der Waals surface area (Å²) < 4.78 is 0. The van der Waals surface area contributed by atoms with E-state index in [0.717, 1.165) is 51.9 Å². The molecule has 1 saturated heterocycles. The molecule has 0 unspecified atom stereocenters. The zero-order valence-electron chi connectivity index (χ0n) is 14.7. The highest BCUT2D eigenvalue weighted by molar-refractivity contribution is 7.99. The molecular formula is C19H20ClN3OS2. The molecule has 1 N–H and O–H groups in total. The third-order valence-corrected chi connectivity index (χ3v) is 7.27. The van der Waals surface area contributed by atoms with Crippen LogP contribution < -0.4 is 5.56 Å². The number of nitrogens with zero attached hydrogens (tertiary/aromatic N) is 2. The summed E-state index contributed by atoms with van der Waals surface area (Å²) in [5.41, 5.74) is 1.91. The molecule has 0 saturated carbocycles. The minimum Gasteiger partial charge on any atom is -0.306 e. The van der Waals surface area contributed by atoms with Crippen molar-refractivity contribution in [1.82, 2.24) is 14.9 Å². The quantitative estimate of drug-likeness (QED) is 0.636. The number of H-pyrrole nitrogens is 1. The Morgan fingerprint density at radius 3 is 2.65 bits per heavy atom. The third kappa shape index (κ3) is 3.56. The average molecular weight is 406 g/mol. The maximum absolute atomic E-state index is 12.8. The summed E-state index contributed by atoms with van der Waals surface area (Å²) in [4.78, 5) is 24.9. The standard InChI is InChI=1S/C19H20ClN3OS2/c1-11-15(12-3-5-13(20)6-4-12)16-17(24)21-19(22-18(16)25-11)26-14-7-9-23(2)10-8-14/h3-6,14H,7-10H2,1-2H3,(H,21,22,24). The van der Waals surface area contributed by atoms with Crippen molar-refractivity contribution in [3.63, 3.8) is 0 Å². The first-order chi connectivity index (χ1) is 12.5. The largest absolute Gasteiger partial charge is 0.306 e. The summed E-state index contributed by atoms with van der Waals surface area (Å²) in [5, 5.41) is 2.63. The van der Waals surface area contributed by atoms with Gasteiger partial charge in [0, 0.05) is 20.7 Å². The number of aromatic nitrogens is 2. The number of nitrogens with one attached hydrogen (secondary N) is 1. The van der Waals surface area contributed by atoms with Gasteiger partial charge in [-0.15, -0.1) is 11.3 Å². The summed E-state index contributed by atoms with van der Waals surface area (Å²) in [5.74, 6) is 0. The first kappa shape index (κ1) is 18.0. The molecule has 2 aromatic heterocycles. The smallest absolute Gasteiger partial charge is 0.260 e. The van der Waals surface area contributed by atoms with Crippen LogP contribution in [-0.2, 0) is 0 Å². The molecule has 26 heavy (non-hydrogen) atoms. The van der Waals surface area contributed by atoms with Gasteiger partial charge < -0.3 is 9.88 Å². The van der Waals surface area contributed by atoms with Crippen LogP contribution in [0.2, 0.25) is 5.02 Å². The maximum atomic E-state index is 12.8. The zero-order chi connectivity index (χ0) is 18.3. The van der Waals surface area contributed by atoms with Gasteiger partial charge in [0.2, 0.25) is 0 Å². The van der Waals surface area contributed by atoms with E-state index >= 15 is 0 Å². The summed E-state index contributed by atoms with van der Waals surface area (Å²) in [6.45, 7) is 4.24. The van der Waals surface area contributed by atoms with Crippen LogP contribution in [0.1, 0.15) is 17.7 Å². The Balaban J connectivity index is 1.70. The van der Waals surface area contributed by atoms with Gasteiger partial charge in [0.25, 0.3) is 5.56 Å². The van der Waals surface area contributed by atoms with Crippen LogP contribution in [0.4, 0.5) is 0 Å². The Hall–Kier alpha value is -1.34. The first-order valence-corrected chi connectivity index (χ1v) is 10.7. The molecule has 0 atom stereocenters. The lowest BCUT2D eigenvalue weighted by Gasteiger charge is -2.27. The van der Waals surface area contributed by atoms with Crippen molar-refractivity contribution in [2.75, 3.05) is 20.1 Å². The molecule has 0 aliphatic carbocycles. The highest BCUT2D eigenvalue weighted by Gasteiger charge is 2.21. The van der Waals surface area contributed by atoms with Crippen molar-refractivity contribution in [3.05, 3.63) is 44.5 Å². The second kappa shape index (κ2) is 7.35. The highest BCUT2D eigenvalue weighted by atomic mass is 35.5. The van der Waals surface area contributed by atoms with Crippen molar-refractivity contribution in [3.8, 4) is 11.1 Å². The highest BCUT2D eigenvalue weighted by Crippen LogP contribution is 2.37. The van der Waals surface area contributed by atoms with Crippen LogP contribution in [-0.4, -0.2) is 40.3 Å². The Bertz CT molecular complexity index is 988. The number of aromatic amines is 1. The Morgan fingerprint density at radius 1 is 1.27 bits per heavy atom. The molecular weight excluding hydrogens is 386 g/mol. The van der Waals surface area contributed by atoms with E-state index in [0.29, 0.717) is 15.7 Å². The van der Waals surface area contributed by atoms with Gasteiger partial charge >= 0.3 is 0 Å². The minimum absolute atomic E-state index is 0.0558. The van der Waals surface area contributed by atoms with Gasteiger partial charge in [0.05, 0.1) is 5.39 Å². The molecule has 0 spiro atoms. The monoisotopic (exact) mass is 405 g/mol. The lowest BCUT2D eigenvalue weighted by molar-refractivity contribution is 0.282. The number of likely N-dealkylation sites (tertiary alicyclic amines) is 1. The molecule has 3 aromatic rings. The predicted molar refractivity (Wildman–Crippen MR) is 112 cm³/mol. The van der Waals surface area contributed by atoms with E-state index in [1.165, 1.54) is 0 Å². The lowest BCUT2D eigenvalue weighted by Crippen LogP contribution is -2.31. The van der Waals surface area contributed by atoms with Gasteiger partial charge in [-0.1, -0.05) is 35.5 Å². The molecule has 0 radical (unpaired) electrons. The predicted octanol–water partition coefficient (Wildman–Crippen LogP) is 4.80. The van der Waals surface area contributed by atoms with Crippen LogP contribution in [0.25, 0.3) is 21.3 Å². The number of thiophene rings is 1. The Morgan fingerprint density at radius 2 is 1.96 bits per heavy atom. The van der Waals surface area contributed by atoms with Crippen LogP contribution >= 0.6 is 34.7 Å². The lowest BCUT2D eigenvalue weighted by atomic mass is 10.0. The number of aryl methyl sites for hydroxylation is 1. The minimum atomic E-state index is -0.0558. The van der Waals surface area contributed by atoms with Gasteiger partial charge in [0.15, 0.2) is 5.16 Å². The van der Waals surface area contributed by atoms with Crippen molar-refractivity contribution in [2.24, 2.45) is 0 Å². The second-order valence-electron chi connectivity index (χ2n) is 6.71. The van der Waals surface area contributed by atoms with E-state index in [1.54, 1.807) is 23.1 Å². The van der Waals surface area contributed by atoms with Crippen LogP contribution in [0.15, 0.2) is 34.2 Å².